The molecule has 3 N–H and O–H groups in total. The zero-order valence-electron chi connectivity index (χ0n) is 24.3. The molecule has 1 aliphatic rings. The first kappa shape index (κ1) is 26.5. The van der Waals surface area contributed by atoms with Crippen molar-refractivity contribution >= 4 is 33.7 Å². The lowest BCUT2D eigenvalue weighted by Gasteiger charge is -2.17. The van der Waals surface area contributed by atoms with E-state index in [-0.39, 0.29) is 17.5 Å². The molecule has 0 fully saturated rings. The van der Waals surface area contributed by atoms with Crippen LogP contribution in [0.2, 0.25) is 0 Å². The molecule has 5 heterocycles. The van der Waals surface area contributed by atoms with Gasteiger partial charge in [0.1, 0.15) is 17.0 Å². The molecule has 0 bridgehead atoms. The largest absolute Gasteiger partial charge is 0.383 e. The van der Waals surface area contributed by atoms with Crippen LogP contribution in [0, 0.1) is 0 Å². The maximum absolute atomic E-state index is 13.5. The lowest BCUT2D eigenvalue weighted by Crippen LogP contribution is -2.32. The standard InChI is InChI=1S/C34H27N9O2/c1-41-28(19-20-6-2-3-7-24(20)34(41)45)33(44)39-26-12-9-21-18-22(10-11-23(21)26)43-31(25-8-4-15-36-30(25)35)38-27-13-14-29(40-32(27)43)42-17-5-16-37-42/h2-8,10-11,13-19,26H,9,12H2,1H3,(H2,35,36)(H,39,44)/t26-/m0/s1. The number of rotatable bonds is 5. The maximum atomic E-state index is 13.5. The highest BCUT2D eigenvalue weighted by Crippen LogP contribution is 2.36. The molecule has 8 rings (SSSR count). The number of hydrogen-bond donors (Lipinski definition) is 2. The summed E-state index contributed by atoms with van der Waals surface area (Å²) in [5.74, 6) is 1.37. The van der Waals surface area contributed by atoms with E-state index in [0.29, 0.717) is 45.3 Å². The predicted octanol–water partition coefficient (Wildman–Crippen LogP) is 4.52. The molecule has 0 saturated heterocycles. The van der Waals surface area contributed by atoms with Crippen molar-refractivity contribution in [1.82, 2.24) is 39.2 Å². The normalized spacial score (nSPS) is 14.2. The number of amides is 1. The van der Waals surface area contributed by atoms with Gasteiger partial charge in [0.05, 0.1) is 11.6 Å². The minimum atomic E-state index is -0.285. The van der Waals surface area contributed by atoms with Gasteiger partial charge in [-0.2, -0.15) is 5.10 Å². The number of anilines is 1. The molecule has 1 aliphatic carbocycles. The summed E-state index contributed by atoms with van der Waals surface area (Å²) in [5, 5.41) is 8.84. The third kappa shape index (κ3) is 4.36. The summed E-state index contributed by atoms with van der Waals surface area (Å²) >= 11 is 0. The fourth-order valence-corrected chi connectivity index (χ4v) is 6.21. The number of aryl methyl sites for hydroxylation is 1. The first-order valence-corrected chi connectivity index (χ1v) is 14.6. The van der Waals surface area contributed by atoms with E-state index in [1.54, 1.807) is 36.3 Å². The van der Waals surface area contributed by atoms with Crippen LogP contribution in [0.4, 0.5) is 5.82 Å². The van der Waals surface area contributed by atoms with Gasteiger partial charge in [-0.1, -0.05) is 24.3 Å². The highest BCUT2D eigenvalue weighted by Gasteiger charge is 2.27. The zero-order chi connectivity index (χ0) is 30.7. The summed E-state index contributed by atoms with van der Waals surface area (Å²) < 4.78 is 5.11. The number of carbonyl (C=O) groups excluding carboxylic acids is 1. The van der Waals surface area contributed by atoms with E-state index < -0.39 is 0 Å². The van der Waals surface area contributed by atoms with Crippen LogP contribution in [0.5, 0.6) is 0 Å². The topological polar surface area (TPSA) is 139 Å². The van der Waals surface area contributed by atoms with E-state index in [1.165, 1.54) is 4.57 Å². The number of nitrogen functional groups attached to an aromatic ring is 1. The highest BCUT2D eigenvalue weighted by molar-refractivity contribution is 5.97. The van der Waals surface area contributed by atoms with E-state index in [1.807, 2.05) is 71.4 Å². The van der Waals surface area contributed by atoms with Crippen molar-refractivity contribution in [3.8, 4) is 22.9 Å². The third-order valence-electron chi connectivity index (χ3n) is 8.46. The van der Waals surface area contributed by atoms with Crippen molar-refractivity contribution in [2.24, 2.45) is 7.05 Å². The van der Waals surface area contributed by atoms with Crippen LogP contribution in [-0.2, 0) is 13.5 Å². The van der Waals surface area contributed by atoms with Gasteiger partial charge in [-0.25, -0.2) is 19.6 Å². The second-order valence-electron chi connectivity index (χ2n) is 11.1. The number of imidazole rings is 1. The molecule has 2 aromatic carbocycles. The first-order valence-electron chi connectivity index (χ1n) is 14.6. The summed E-state index contributed by atoms with van der Waals surface area (Å²) in [6.45, 7) is 0. The Morgan fingerprint density at radius 1 is 0.978 bits per heavy atom. The Hall–Kier alpha value is -6.10. The number of nitrogens with one attached hydrogen (secondary N) is 1. The smallest absolute Gasteiger partial charge is 0.268 e. The Bertz CT molecular complexity index is 2340. The van der Waals surface area contributed by atoms with Gasteiger partial charge < -0.3 is 15.6 Å². The quantitative estimate of drug-likeness (QED) is 0.299. The van der Waals surface area contributed by atoms with Gasteiger partial charge in [0.2, 0.25) is 0 Å². The molecule has 220 valence electrons. The summed E-state index contributed by atoms with van der Waals surface area (Å²) in [6.07, 6.45) is 6.71. The van der Waals surface area contributed by atoms with Crippen molar-refractivity contribution in [2.75, 3.05) is 5.73 Å². The molecule has 0 aliphatic heterocycles. The minimum absolute atomic E-state index is 0.194. The summed E-state index contributed by atoms with van der Waals surface area (Å²) in [7, 11) is 1.63. The fraction of sp³-hybridized carbons (Fsp3) is 0.118. The van der Waals surface area contributed by atoms with E-state index in [2.05, 4.69) is 21.5 Å². The molecule has 0 unspecified atom stereocenters. The van der Waals surface area contributed by atoms with Crippen molar-refractivity contribution in [3.63, 3.8) is 0 Å². The second-order valence-corrected chi connectivity index (χ2v) is 11.1. The zero-order valence-corrected chi connectivity index (χ0v) is 24.3. The molecule has 45 heavy (non-hydrogen) atoms. The van der Waals surface area contributed by atoms with Crippen LogP contribution in [0.3, 0.4) is 0 Å². The highest BCUT2D eigenvalue weighted by atomic mass is 16.2. The number of hydrogen-bond acceptors (Lipinski definition) is 7. The van der Waals surface area contributed by atoms with Gasteiger partial charge in [0, 0.05) is 36.7 Å². The lowest BCUT2D eigenvalue weighted by atomic mass is 10.1. The molecular formula is C34H27N9O2. The van der Waals surface area contributed by atoms with Crippen LogP contribution >= 0.6 is 0 Å². The monoisotopic (exact) mass is 593 g/mol. The lowest BCUT2D eigenvalue weighted by molar-refractivity contribution is 0.0927. The van der Waals surface area contributed by atoms with Gasteiger partial charge >= 0.3 is 0 Å². The van der Waals surface area contributed by atoms with Crippen LogP contribution < -0.4 is 16.6 Å². The van der Waals surface area contributed by atoms with Crippen LogP contribution in [-0.4, -0.2) is 39.8 Å². The SMILES string of the molecule is Cn1c(C(=O)N[C@H]2CCc3cc(-n4c(-c5cccnc5N)nc5ccc(-n6cccn6)nc54)ccc32)cc2ccccc2c1=O. The Labute approximate surface area is 256 Å². The number of nitrogens with two attached hydrogens (primary N) is 1. The number of pyridine rings is 3. The molecule has 11 heteroatoms. The minimum Gasteiger partial charge on any atom is -0.383 e. The second kappa shape index (κ2) is 10.3. The molecule has 11 nitrogen and oxygen atoms in total. The average Bonchev–Trinajstić information content (AvgIpc) is 3.82. The summed E-state index contributed by atoms with van der Waals surface area (Å²) in [5.41, 5.74) is 11.5. The van der Waals surface area contributed by atoms with E-state index >= 15 is 0 Å². The molecular weight excluding hydrogens is 566 g/mol. The van der Waals surface area contributed by atoms with Crippen molar-refractivity contribution in [2.45, 2.75) is 18.9 Å². The molecule has 1 atom stereocenters. The Balaban J connectivity index is 1.19. The van der Waals surface area contributed by atoms with Crippen molar-refractivity contribution in [1.29, 1.82) is 0 Å². The van der Waals surface area contributed by atoms with Crippen LogP contribution in [0.1, 0.15) is 34.1 Å². The molecule has 0 radical (unpaired) electrons. The van der Waals surface area contributed by atoms with Gasteiger partial charge in [-0.15, -0.1) is 0 Å². The van der Waals surface area contributed by atoms with Crippen molar-refractivity contribution in [3.05, 3.63) is 125 Å². The Kier molecular flexibility index (Phi) is 6.05. The molecule has 0 saturated carbocycles. The Morgan fingerprint density at radius 3 is 2.71 bits per heavy atom. The third-order valence-corrected chi connectivity index (χ3v) is 8.46. The van der Waals surface area contributed by atoms with E-state index in [0.717, 1.165) is 35.0 Å². The molecule has 0 spiro atoms. The van der Waals surface area contributed by atoms with Crippen LogP contribution in [0.25, 0.3) is 44.8 Å². The van der Waals surface area contributed by atoms with Crippen LogP contribution in [0.15, 0.2) is 102 Å². The number of carbonyl (C=O) groups is 1. The Morgan fingerprint density at radius 2 is 1.87 bits per heavy atom. The fourth-order valence-electron chi connectivity index (χ4n) is 6.21. The van der Waals surface area contributed by atoms with Gasteiger partial charge in [0.15, 0.2) is 17.3 Å². The summed E-state index contributed by atoms with van der Waals surface area (Å²) in [4.78, 5) is 40.6. The number of nitrogens with zero attached hydrogens (tertiary/aromatic N) is 7. The van der Waals surface area contributed by atoms with Gasteiger partial charge in [0.25, 0.3) is 11.5 Å². The number of benzene rings is 2. The first-order chi connectivity index (χ1) is 22.0. The van der Waals surface area contributed by atoms with E-state index in [9.17, 15) is 9.59 Å². The van der Waals surface area contributed by atoms with Gasteiger partial charge in [-0.05, 0) is 84.0 Å². The molecule has 7 aromatic rings. The summed E-state index contributed by atoms with van der Waals surface area (Å²) in [6, 6.07) is 24.4. The van der Waals surface area contributed by atoms with Gasteiger partial charge in [-0.3, -0.25) is 14.2 Å². The predicted molar refractivity (Wildman–Crippen MR) is 171 cm³/mol. The maximum Gasteiger partial charge on any atom is 0.268 e. The average molecular weight is 594 g/mol. The molecule has 1 amide bonds. The van der Waals surface area contributed by atoms with E-state index in [4.69, 9.17) is 15.7 Å². The molecule has 5 aromatic heterocycles. The van der Waals surface area contributed by atoms with Crippen molar-refractivity contribution < 1.29 is 4.79 Å². The number of aromatic nitrogens is 7. The number of fused-ring (bicyclic) bond motifs is 3.